The van der Waals surface area contributed by atoms with Crippen LogP contribution in [0, 0.1) is 11.5 Å². The Labute approximate surface area is 71.3 Å². The monoisotopic (exact) mass is 156 g/mol. The van der Waals surface area contributed by atoms with Gasteiger partial charge in [0.05, 0.1) is 6.54 Å². The molecule has 0 N–H and O–H groups in total. The van der Waals surface area contributed by atoms with Gasteiger partial charge >= 0.3 is 0 Å². The van der Waals surface area contributed by atoms with Gasteiger partial charge in [0.25, 0.3) is 0 Å². The minimum Gasteiger partial charge on any atom is -0.282 e. The highest BCUT2D eigenvalue weighted by Gasteiger charge is 2.07. The summed E-state index contributed by atoms with van der Waals surface area (Å²) in [5.41, 5.74) is 2.42. The number of hydrogen-bond acceptors (Lipinski definition) is 2. The van der Waals surface area contributed by atoms with Crippen molar-refractivity contribution in [2.24, 2.45) is 0 Å². The second-order valence-electron chi connectivity index (χ2n) is 2.74. The van der Waals surface area contributed by atoms with Gasteiger partial charge in [-0.15, -0.1) is 0 Å². The Bertz CT molecular complexity index is 360. The zero-order valence-corrected chi connectivity index (χ0v) is 6.57. The highest BCUT2D eigenvalue weighted by molar-refractivity contribution is 5.55. The van der Waals surface area contributed by atoms with Crippen molar-refractivity contribution in [2.45, 2.75) is 6.54 Å². The van der Waals surface area contributed by atoms with Gasteiger partial charge in [0.15, 0.2) is 6.19 Å². The van der Waals surface area contributed by atoms with E-state index in [0.29, 0.717) is 6.54 Å². The summed E-state index contributed by atoms with van der Waals surface area (Å²) in [6.07, 6.45) is 5.86. The first-order chi connectivity index (χ1) is 5.90. The van der Waals surface area contributed by atoms with Gasteiger partial charge < -0.3 is 0 Å². The molecule has 1 aliphatic rings. The van der Waals surface area contributed by atoms with Gasteiger partial charge in [0, 0.05) is 6.20 Å². The van der Waals surface area contributed by atoms with Crippen LogP contribution in [0.25, 0.3) is 6.08 Å². The molecule has 0 bridgehead atoms. The molecule has 1 aliphatic heterocycles. The van der Waals surface area contributed by atoms with Crippen LogP contribution >= 0.6 is 0 Å². The van der Waals surface area contributed by atoms with Gasteiger partial charge in [0.2, 0.25) is 0 Å². The van der Waals surface area contributed by atoms with E-state index in [2.05, 4.69) is 12.3 Å². The van der Waals surface area contributed by atoms with Gasteiger partial charge in [0.1, 0.15) is 0 Å². The molecule has 0 atom stereocenters. The summed E-state index contributed by atoms with van der Waals surface area (Å²) in [6, 6.07) is 8.10. The molecular weight excluding hydrogens is 148 g/mol. The SMILES string of the molecule is N#CN1C=Cc2ccccc2C1. The van der Waals surface area contributed by atoms with Crippen molar-refractivity contribution in [2.75, 3.05) is 0 Å². The lowest BCUT2D eigenvalue weighted by Crippen LogP contribution is -2.13. The minimum atomic E-state index is 0.698. The van der Waals surface area contributed by atoms with Crippen molar-refractivity contribution >= 4 is 6.08 Å². The molecule has 0 radical (unpaired) electrons. The summed E-state index contributed by atoms with van der Waals surface area (Å²) in [6.45, 7) is 0.698. The molecule has 1 heterocycles. The Hall–Kier alpha value is -1.75. The fourth-order valence-corrected chi connectivity index (χ4v) is 1.32. The van der Waals surface area contributed by atoms with Crippen molar-refractivity contribution in [3.8, 4) is 6.19 Å². The quantitative estimate of drug-likeness (QED) is 0.537. The van der Waals surface area contributed by atoms with Crippen molar-refractivity contribution in [3.05, 3.63) is 41.6 Å². The number of rotatable bonds is 0. The van der Waals surface area contributed by atoms with E-state index in [4.69, 9.17) is 5.26 Å². The fraction of sp³-hybridized carbons (Fsp3) is 0.100. The molecular formula is C10H8N2. The summed E-state index contributed by atoms with van der Waals surface area (Å²) in [5, 5.41) is 8.64. The predicted molar refractivity (Wildman–Crippen MR) is 46.6 cm³/mol. The minimum absolute atomic E-state index is 0.698. The van der Waals surface area contributed by atoms with Gasteiger partial charge in [-0.3, -0.25) is 4.90 Å². The Morgan fingerprint density at radius 2 is 2.17 bits per heavy atom. The molecule has 1 aromatic carbocycles. The fourth-order valence-electron chi connectivity index (χ4n) is 1.32. The lowest BCUT2D eigenvalue weighted by molar-refractivity contribution is 0.516. The van der Waals surface area contributed by atoms with E-state index in [1.54, 1.807) is 4.90 Å². The Kier molecular flexibility index (Phi) is 1.56. The zero-order chi connectivity index (χ0) is 8.39. The lowest BCUT2D eigenvalue weighted by Gasteiger charge is -2.17. The highest BCUT2D eigenvalue weighted by atomic mass is 15.1. The molecule has 0 fully saturated rings. The normalized spacial score (nSPS) is 13.8. The van der Waals surface area contributed by atoms with Crippen molar-refractivity contribution in [3.63, 3.8) is 0 Å². The van der Waals surface area contributed by atoms with E-state index in [1.807, 2.05) is 30.5 Å². The van der Waals surface area contributed by atoms with Crippen LogP contribution in [0.1, 0.15) is 11.1 Å². The van der Waals surface area contributed by atoms with Crippen LogP contribution in [0.5, 0.6) is 0 Å². The molecule has 2 nitrogen and oxygen atoms in total. The van der Waals surface area contributed by atoms with Crippen LogP contribution in [0.3, 0.4) is 0 Å². The van der Waals surface area contributed by atoms with Crippen LogP contribution < -0.4 is 0 Å². The molecule has 0 spiro atoms. The molecule has 12 heavy (non-hydrogen) atoms. The summed E-state index contributed by atoms with van der Waals surface area (Å²) < 4.78 is 0. The van der Waals surface area contributed by atoms with Gasteiger partial charge in [-0.1, -0.05) is 24.3 Å². The van der Waals surface area contributed by atoms with Gasteiger partial charge in [-0.05, 0) is 17.2 Å². The third-order valence-corrected chi connectivity index (χ3v) is 1.96. The second kappa shape index (κ2) is 2.71. The second-order valence-corrected chi connectivity index (χ2v) is 2.74. The largest absolute Gasteiger partial charge is 0.282 e. The standard InChI is InChI=1S/C10H8N2/c11-8-12-6-5-9-3-1-2-4-10(9)7-12/h1-6H,7H2. The van der Waals surface area contributed by atoms with Crippen LogP contribution in [-0.4, -0.2) is 4.90 Å². The highest BCUT2D eigenvalue weighted by Crippen LogP contribution is 2.17. The van der Waals surface area contributed by atoms with E-state index in [0.717, 1.165) is 0 Å². The topological polar surface area (TPSA) is 27.0 Å². The van der Waals surface area contributed by atoms with E-state index in [-0.39, 0.29) is 0 Å². The molecule has 2 heteroatoms. The van der Waals surface area contributed by atoms with E-state index >= 15 is 0 Å². The van der Waals surface area contributed by atoms with Crippen LogP contribution in [0.2, 0.25) is 0 Å². The molecule has 0 aliphatic carbocycles. The maximum atomic E-state index is 8.64. The van der Waals surface area contributed by atoms with E-state index in [9.17, 15) is 0 Å². The first-order valence-electron chi connectivity index (χ1n) is 3.82. The maximum absolute atomic E-state index is 8.64. The molecule has 0 unspecified atom stereocenters. The summed E-state index contributed by atoms with van der Waals surface area (Å²) in [5.74, 6) is 0. The van der Waals surface area contributed by atoms with E-state index in [1.165, 1.54) is 11.1 Å². The average Bonchev–Trinajstić information content (AvgIpc) is 2.17. The smallest absolute Gasteiger partial charge is 0.184 e. The van der Waals surface area contributed by atoms with Gasteiger partial charge in [-0.2, -0.15) is 5.26 Å². The molecule has 2 rings (SSSR count). The van der Waals surface area contributed by atoms with Crippen molar-refractivity contribution in [1.29, 1.82) is 5.26 Å². The molecule has 0 amide bonds. The number of nitrogens with zero attached hydrogens (tertiary/aromatic N) is 2. The summed E-state index contributed by atoms with van der Waals surface area (Å²) in [7, 11) is 0. The van der Waals surface area contributed by atoms with Crippen LogP contribution in [0.15, 0.2) is 30.5 Å². The first-order valence-corrected chi connectivity index (χ1v) is 3.82. The number of nitriles is 1. The number of fused-ring (bicyclic) bond motifs is 1. The van der Waals surface area contributed by atoms with Crippen LogP contribution in [-0.2, 0) is 6.54 Å². The Morgan fingerprint density at radius 1 is 1.33 bits per heavy atom. The zero-order valence-electron chi connectivity index (χ0n) is 6.57. The predicted octanol–water partition coefficient (Wildman–Crippen LogP) is 1.95. The van der Waals surface area contributed by atoms with E-state index < -0.39 is 0 Å². The molecule has 0 saturated carbocycles. The van der Waals surface area contributed by atoms with Crippen molar-refractivity contribution < 1.29 is 0 Å². The summed E-state index contributed by atoms with van der Waals surface area (Å²) in [4.78, 5) is 1.61. The molecule has 0 saturated heterocycles. The van der Waals surface area contributed by atoms with Crippen LogP contribution in [0.4, 0.5) is 0 Å². The van der Waals surface area contributed by atoms with Gasteiger partial charge in [-0.25, -0.2) is 0 Å². The third-order valence-electron chi connectivity index (χ3n) is 1.96. The Balaban J connectivity index is 2.41. The number of benzene rings is 1. The summed E-state index contributed by atoms with van der Waals surface area (Å²) >= 11 is 0. The third kappa shape index (κ3) is 1.06. The molecule has 1 aromatic rings. The Morgan fingerprint density at radius 3 is 3.00 bits per heavy atom. The molecule has 0 aromatic heterocycles. The lowest BCUT2D eigenvalue weighted by atomic mass is 10.1. The van der Waals surface area contributed by atoms with Crippen molar-refractivity contribution in [1.82, 2.24) is 4.90 Å². The first kappa shape index (κ1) is 6.93. The average molecular weight is 156 g/mol. The number of hydrogen-bond donors (Lipinski definition) is 0. The maximum Gasteiger partial charge on any atom is 0.184 e. The molecule has 58 valence electrons.